The zero-order valence-corrected chi connectivity index (χ0v) is 30.0. The topological polar surface area (TPSA) is 156 Å². The normalized spacial score (nSPS) is 12.4. The summed E-state index contributed by atoms with van der Waals surface area (Å²) >= 11 is 0. The minimum absolute atomic E-state index is 0.0574. The van der Waals surface area contributed by atoms with Crippen molar-refractivity contribution in [3.05, 3.63) is 72.4 Å². The SMILES string of the molecule is CCOC(=O)CCCCCCCCn1cc(-c2cnc(N)c3c(-c4ccc(NS(=O)(=O)C(F)F)c(O[C@@H](C)c5ccc(F)cc5)c4)nn(C)c23)cn1. The zero-order valence-electron chi connectivity index (χ0n) is 29.2. The van der Waals surface area contributed by atoms with Crippen molar-refractivity contribution in [3.63, 3.8) is 0 Å². The number of nitrogens with zero attached hydrogens (tertiary/aromatic N) is 5. The summed E-state index contributed by atoms with van der Waals surface area (Å²) in [5.41, 5.74) is 9.85. The first-order valence-electron chi connectivity index (χ1n) is 17.0. The molecule has 0 saturated carbocycles. The number of unbranched alkanes of at least 4 members (excludes halogenated alkanes) is 5. The second kappa shape index (κ2) is 16.9. The standard InChI is InChI=1S/C36H42F3N7O5S/c1-4-50-31(47)11-9-7-5-6-8-10-18-46-22-26(20-42-46)28-21-41-35(40)32-33(43-45(3)34(28)32)25-14-17-29(44-52(48,49)36(38)39)30(19-25)51-23(2)24-12-15-27(37)16-13-24/h12-17,19-23,36,44H,4-11,18H2,1-3H3,(H2,40,41)/t23-/m0/s1. The molecule has 0 aliphatic heterocycles. The van der Waals surface area contributed by atoms with Gasteiger partial charge in [-0.15, -0.1) is 0 Å². The van der Waals surface area contributed by atoms with Gasteiger partial charge in [0.2, 0.25) is 0 Å². The summed E-state index contributed by atoms with van der Waals surface area (Å²) in [6.07, 6.45) is 11.0. The molecule has 0 spiro atoms. The summed E-state index contributed by atoms with van der Waals surface area (Å²) in [5.74, 6) is -4.13. The number of nitrogens with two attached hydrogens (primary N) is 1. The molecule has 5 aromatic rings. The lowest BCUT2D eigenvalue weighted by Gasteiger charge is -2.19. The van der Waals surface area contributed by atoms with E-state index in [-0.39, 0.29) is 23.2 Å². The Labute approximate surface area is 300 Å². The highest BCUT2D eigenvalue weighted by Gasteiger charge is 2.27. The Kier molecular flexibility index (Phi) is 12.4. The van der Waals surface area contributed by atoms with Gasteiger partial charge in [0.1, 0.15) is 29.2 Å². The van der Waals surface area contributed by atoms with Crippen LogP contribution in [0.3, 0.4) is 0 Å². The maximum absolute atomic E-state index is 13.6. The van der Waals surface area contributed by atoms with Gasteiger partial charge in [-0.25, -0.2) is 17.8 Å². The van der Waals surface area contributed by atoms with Crippen LogP contribution in [0.5, 0.6) is 5.75 Å². The molecule has 0 unspecified atom stereocenters. The van der Waals surface area contributed by atoms with Gasteiger partial charge >= 0.3 is 11.7 Å². The fraction of sp³-hybridized carbons (Fsp3) is 0.389. The van der Waals surface area contributed by atoms with Gasteiger partial charge in [-0.3, -0.25) is 18.9 Å². The number of sulfonamides is 1. The van der Waals surface area contributed by atoms with Crippen LogP contribution in [0.15, 0.2) is 61.1 Å². The van der Waals surface area contributed by atoms with Crippen LogP contribution < -0.4 is 15.2 Å². The lowest BCUT2D eigenvalue weighted by atomic mass is 10.0. The first kappa shape index (κ1) is 38.1. The van der Waals surface area contributed by atoms with E-state index < -0.39 is 27.7 Å². The van der Waals surface area contributed by atoms with E-state index in [1.807, 2.05) is 15.6 Å². The molecule has 52 heavy (non-hydrogen) atoms. The number of nitrogen functional groups attached to an aromatic ring is 1. The Morgan fingerprint density at radius 1 is 1.00 bits per heavy atom. The lowest BCUT2D eigenvalue weighted by molar-refractivity contribution is -0.143. The molecule has 0 bridgehead atoms. The van der Waals surface area contributed by atoms with Crippen molar-refractivity contribution >= 4 is 38.4 Å². The van der Waals surface area contributed by atoms with Crippen LogP contribution in [-0.4, -0.2) is 51.3 Å². The van der Waals surface area contributed by atoms with Crippen molar-refractivity contribution in [2.24, 2.45) is 7.05 Å². The predicted molar refractivity (Wildman–Crippen MR) is 193 cm³/mol. The van der Waals surface area contributed by atoms with Gasteiger partial charge in [0.15, 0.2) is 0 Å². The molecule has 0 saturated heterocycles. The minimum Gasteiger partial charge on any atom is -0.484 e. The Morgan fingerprint density at radius 3 is 2.42 bits per heavy atom. The molecule has 16 heteroatoms. The second-order valence-corrected chi connectivity index (χ2v) is 14.0. The van der Waals surface area contributed by atoms with E-state index in [0.717, 1.165) is 56.2 Å². The third-order valence-corrected chi connectivity index (χ3v) is 9.52. The Morgan fingerprint density at radius 2 is 1.71 bits per heavy atom. The van der Waals surface area contributed by atoms with E-state index in [4.69, 9.17) is 20.3 Å². The molecule has 2 aromatic carbocycles. The number of rotatable bonds is 18. The molecular weight excluding hydrogens is 700 g/mol. The maximum Gasteiger partial charge on any atom is 0.355 e. The largest absolute Gasteiger partial charge is 0.484 e. The Bertz CT molecular complexity index is 2100. The van der Waals surface area contributed by atoms with Crippen molar-refractivity contribution in [2.45, 2.75) is 77.2 Å². The molecule has 3 heterocycles. The molecule has 0 aliphatic rings. The molecule has 12 nitrogen and oxygen atoms in total. The highest BCUT2D eigenvalue weighted by Crippen LogP contribution is 2.40. The van der Waals surface area contributed by atoms with E-state index in [9.17, 15) is 26.4 Å². The summed E-state index contributed by atoms with van der Waals surface area (Å²) < 4.78 is 81.0. The van der Waals surface area contributed by atoms with Crippen molar-refractivity contribution in [1.82, 2.24) is 24.5 Å². The van der Waals surface area contributed by atoms with Crippen LogP contribution >= 0.6 is 0 Å². The summed E-state index contributed by atoms with van der Waals surface area (Å²) in [6.45, 7) is 4.60. The molecule has 5 rings (SSSR count). The maximum atomic E-state index is 13.6. The van der Waals surface area contributed by atoms with E-state index in [1.165, 1.54) is 42.5 Å². The van der Waals surface area contributed by atoms with Crippen molar-refractivity contribution < 1.29 is 35.9 Å². The zero-order chi connectivity index (χ0) is 37.4. The molecule has 278 valence electrons. The number of benzene rings is 2. The number of esters is 1. The number of ether oxygens (including phenoxy) is 2. The average Bonchev–Trinajstić information content (AvgIpc) is 3.72. The van der Waals surface area contributed by atoms with Gasteiger partial charge in [-0.05, 0) is 56.5 Å². The summed E-state index contributed by atoms with van der Waals surface area (Å²) in [5, 5.41) is 9.81. The first-order chi connectivity index (χ1) is 24.9. The van der Waals surface area contributed by atoms with Gasteiger partial charge < -0.3 is 15.2 Å². The number of aryl methyl sites for hydroxylation is 2. The number of pyridine rings is 1. The molecule has 0 radical (unpaired) electrons. The number of hydrogen-bond acceptors (Lipinski definition) is 9. The lowest BCUT2D eigenvalue weighted by Crippen LogP contribution is -2.21. The Balaban J connectivity index is 1.37. The Hall–Kier alpha value is -5.12. The molecule has 3 N–H and O–H groups in total. The van der Waals surface area contributed by atoms with Crippen LogP contribution in [0.1, 0.15) is 70.5 Å². The third kappa shape index (κ3) is 9.21. The molecule has 0 amide bonds. The van der Waals surface area contributed by atoms with Gasteiger partial charge in [0.05, 0.1) is 29.4 Å². The summed E-state index contributed by atoms with van der Waals surface area (Å²) in [4.78, 5) is 15.9. The van der Waals surface area contributed by atoms with Crippen molar-refractivity contribution in [1.29, 1.82) is 0 Å². The van der Waals surface area contributed by atoms with E-state index in [2.05, 4.69) is 10.1 Å². The van der Waals surface area contributed by atoms with Gasteiger partial charge in [0.25, 0.3) is 10.0 Å². The summed E-state index contributed by atoms with van der Waals surface area (Å²) in [6, 6.07) is 9.83. The number of carbonyl (C=O) groups excluding carboxylic acids is 1. The van der Waals surface area contributed by atoms with E-state index in [0.29, 0.717) is 40.8 Å². The molecular formula is C36H42F3N7O5S. The number of aromatic nitrogens is 5. The van der Waals surface area contributed by atoms with Crippen LogP contribution in [0.2, 0.25) is 0 Å². The molecule has 3 aromatic heterocycles. The number of hydrogen-bond donors (Lipinski definition) is 2. The monoisotopic (exact) mass is 741 g/mol. The fourth-order valence-electron chi connectivity index (χ4n) is 5.90. The van der Waals surface area contributed by atoms with Crippen LogP contribution in [0.25, 0.3) is 33.3 Å². The molecule has 1 atom stereocenters. The number of fused-ring (bicyclic) bond motifs is 1. The number of alkyl halides is 2. The third-order valence-electron chi connectivity index (χ3n) is 8.54. The van der Waals surface area contributed by atoms with Crippen molar-refractivity contribution in [2.75, 3.05) is 17.1 Å². The number of halogens is 3. The molecule has 0 aliphatic carbocycles. The van der Waals surface area contributed by atoms with E-state index in [1.54, 1.807) is 38.0 Å². The van der Waals surface area contributed by atoms with Crippen molar-refractivity contribution in [3.8, 4) is 28.1 Å². The van der Waals surface area contributed by atoms with Gasteiger partial charge in [-0.2, -0.15) is 19.0 Å². The number of anilines is 2. The molecule has 0 fully saturated rings. The fourth-order valence-corrected chi connectivity index (χ4v) is 6.46. The highest BCUT2D eigenvalue weighted by molar-refractivity contribution is 7.93. The smallest absolute Gasteiger partial charge is 0.355 e. The van der Waals surface area contributed by atoms with Gasteiger partial charge in [-0.1, -0.05) is 43.9 Å². The minimum atomic E-state index is -5.03. The van der Waals surface area contributed by atoms with Crippen LogP contribution in [0, 0.1) is 5.82 Å². The van der Waals surface area contributed by atoms with Crippen LogP contribution in [0.4, 0.5) is 24.7 Å². The average molecular weight is 742 g/mol. The first-order valence-corrected chi connectivity index (χ1v) is 18.6. The van der Waals surface area contributed by atoms with Gasteiger partial charge in [0, 0.05) is 49.1 Å². The predicted octanol–water partition coefficient (Wildman–Crippen LogP) is 7.62. The van der Waals surface area contributed by atoms with E-state index >= 15 is 0 Å². The quantitative estimate of drug-likeness (QED) is 0.0681. The number of nitrogens with one attached hydrogen (secondary N) is 1. The summed E-state index contributed by atoms with van der Waals surface area (Å²) in [7, 11) is -3.28. The highest BCUT2D eigenvalue weighted by atomic mass is 32.2. The number of carbonyl (C=O) groups is 1. The second-order valence-electron chi connectivity index (χ2n) is 12.4. The van der Waals surface area contributed by atoms with Crippen LogP contribution in [-0.2, 0) is 33.1 Å².